The van der Waals surface area contributed by atoms with Gasteiger partial charge in [0.05, 0.1) is 12.6 Å². The van der Waals surface area contributed by atoms with Crippen LogP contribution in [0.2, 0.25) is 0 Å². The Balaban J connectivity index is 3.48. The van der Waals surface area contributed by atoms with Crippen molar-refractivity contribution >= 4 is 5.91 Å². The molecule has 0 heterocycles. The fraction of sp³-hybridized carbons (Fsp3) is 0.556. The van der Waals surface area contributed by atoms with Crippen LogP contribution in [-0.4, -0.2) is 25.0 Å². The number of hydrogen-bond acceptors (Lipinski definition) is 3. The molecule has 0 rings (SSSR count). The first kappa shape index (κ1) is 11.5. The summed E-state index contributed by atoms with van der Waals surface area (Å²) in [6, 6.07) is 1.94. The normalized spacial score (nSPS) is 11.0. The van der Waals surface area contributed by atoms with E-state index < -0.39 is 0 Å². The Labute approximate surface area is 78.3 Å². The van der Waals surface area contributed by atoms with Crippen LogP contribution in [0, 0.1) is 23.7 Å². The van der Waals surface area contributed by atoms with Crippen molar-refractivity contribution in [3.05, 3.63) is 0 Å². The molecule has 0 bridgehead atoms. The third kappa shape index (κ3) is 6.86. The molecule has 0 saturated heterocycles. The number of rotatable bonds is 5. The van der Waals surface area contributed by atoms with Gasteiger partial charge in [-0.25, -0.2) is 0 Å². The third-order valence-electron chi connectivity index (χ3n) is 1.40. The Kier molecular flexibility index (Phi) is 6.31. The Hall–Kier alpha value is -1.52. The number of nitriles is 1. The fourth-order valence-electron chi connectivity index (χ4n) is 0.716. The fourth-order valence-corrected chi connectivity index (χ4v) is 0.716. The lowest BCUT2D eigenvalue weighted by atomic mass is 10.2. The maximum absolute atomic E-state index is 10.9. The van der Waals surface area contributed by atoms with Crippen molar-refractivity contribution in [2.75, 3.05) is 13.1 Å². The first-order valence-electron chi connectivity index (χ1n) is 4.01. The van der Waals surface area contributed by atoms with E-state index in [9.17, 15) is 4.79 Å². The molecule has 13 heavy (non-hydrogen) atoms. The summed E-state index contributed by atoms with van der Waals surface area (Å²) in [6.45, 7) is 2.14. The van der Waals surface area contributed by atoms with E-state index in [1.54, 1.807) is 0 Å². The summed E-state index contributed by atoms with van der Waals surface area (Å²) in [5.41, 5.74) is 0. The van der Waals surface area contributed by atoms with Gasteiger partial charge in [0.2, 0.25) is 5.91 Å². The molecule has 0 fully saturated rings. The van der Waals surface area contributed by atoms with E-state index in [1.807, 2.05) is 13.0 Å². The molecule has 2 N–H and O–H groups in total. The van der Waals surface area contributed by atoms with Crippen LogP contribution in [0.25, 0.3) is 0 Å². The Morgan fingerprint density at radius 1 is 1.69 bits per heavy atom. The average Bonchev–Trinajstić information content (AvgIpc) is 2.12. The molecule has 1 amide bonds. The van der Waals surface area contributed by atoms with Gasteiger partial charge < -0.3 is 10.6 Å². The van der Waals surface area contributed by atoms with E-state index >= 15 is 0 Å². The van der Waals surface area contributed by atoms with Crippen LogP contribution in [0.3, 0.4) is 0 Å². The SMILES string of the molecule is C#CCC(C)NCC(=O)NCC#N. The summed E-state index contributed by atoms with van der Waals surface area (Å²) in [7, 11) is 0. The highest BCUT2D eigenvalue weighted by Gasteiger charge is 2.02. The van der Waals surface area contributed by atoms with Crippen LogP contribution in [0.5, 0.6) is 0 Å². The van der Waals surface area contributed by atoms with Gasteiger partial charge in [-0.3, -0.25) is 4.79 Å². The van der Waals surface area contributed by atoms with Crippen molar-refractivity contribution in [2.45, 2.75) is 19.4 Å². The minimum absolute atomic E-state index is 0.0457. The van der Waals surface area contributed by atoms with Crippen molar-refractivity contribution in [1.29, 1.82) is 5.26 Å². The zero-order valence-corrected chi connectivity index (χ0v) is 7.63. The number of carbonyl (C=O) groups excluding carboxylic acids is 1. The molecule has 1 unspecified atom stereocenters. The van der Waals surface area contributed by atoms with Crippen LogP contribution in [0.1, 0.15) is 13.3 Å². The van der Waals surface area contributed by atoms with E-state index in [0.717, 1.165) is 0 Å². The van der Waals surface area contributed by atoms with Gasteiger partial charge in [-0.15, -0.1) is 12.3 Å². The van der Waals surface area contributed by atoms with Gasteiger partial charge in [0.1, 0.15) is 6.54 Å². The summed E-state index contributed by atoms with van der Waals surface area (Å²) in [6.07, 6.45) is 5.67. The van der Waals surface area contributed by atoms with Crippen molar-refractivity contribution < 1.29 is 4.79 Å². The molecular weight excluding hydrogens is 166 g/mol. The summed E-state index contributed by atoms with van der Waals surface area (Å²) in [5, 5.41) is 13.5. The summed E-state index contributed by atoms with van der Waals surface area (Å²) in [5.74, 6) is 2.30. The molecule has 0 radical (unpaired) electrons. The van der Waals surface area contributed by atoms with Crippen molar-refractivity contribution in [2.24, 2.45) is 0 Å². The lowest BCUT2D eigenvalue weighted by Crippen LogP contribution is -2.37. The predicted molar refractivity (Wildman–Crippen MR) is 49.5 cm³/mol. The van der Waals surface area contributed by atoms with Gasteiger partial charge in [0.25, 0.3) is 0 Å². The van der Waals surface area contributed by atoms with Crippen molar-refractivity contribution in [1.82, 2.24) is 10.6 Å². The first-order valence-corrected chi connectivity index (χ1v) is 4.01. The molecule has 4 heteroatoms. The number of nitrogens with one attached hydrogen (secondary N) is 2. The maximum atomic E-state index is 10.9. The smallest absolute Gasteiger partial charge is 0.234 e. The van der Waals surface area contributed by atoms with E-state index in [-0.39, 0.29) is 25.0 Å². The highest BCUT2D eigenvalue weighted by atomic mass is 16.1. The monoisotopic (exact) mass is 179 g/mol. The molecule has 4 nitrogen and oxygen atoms in total. The second-order valence-electron chi connectivity index (χ2n) is 2.63. The van der Waals surface area contributed by atoms with Gasteiger partial charge in [-0.2, -0.15) is 5.26 Å². The average molecular weight is 179 g/mol. The maximum Gasteiger partial charge on any atom is 0.234 e. The number of carbonyl (C=O) groups is 1. The van der Waals surface area contributed by atoms with Gasteiger partial charge in [-0.05, 0) is 6.92 Å². The van der Waals surface area contributed by atoms with Gasteiger partial charge >= 0.3 is 0 Å². The molecule has 0 spiro atoms. The molecule has 0 aliphatic rings. The Bertz CT molecular complexity index is 236. The minimum Gasteiger partial charge on any atom is -0.342 e. The highest BCUT2D eigenvalue weighted by Crippen LogP contribution is 1.85. The van der Waals surface area contributed by atoms with Gasteiger partial charge in [0, 0.05) is 12.5 Å². The topological polar surface area (TPSA) is 64.9 Å². The number of amides is 1. The molecule has 0 aliphatic heterocycles. The molecule has 0 aromatic rings. The highest BCUT2D eigenvalue weighted by molar-refractivity contribution is 5.78. The van der Waals surface area contributed by atoms with Crippen LogP contribution >= 0.6 is 0 Å². The Morgan fingerprint density at radius 3 is 2.92 bits per heavy atom. The largest absolute Gasteiger partial charge is 0.342 e. The summed E-state index contributed by atoms with van der Waals surface area (Å²) < 4.78 is 0. The van der Waals surface area contributed by atoms with Gasteiger partial charge in [-0.1, -0.05) is 0 Å². The quantitative estimate of drug-likeness (QED) is 0.447. The van der Waals surface area contributed by atoms with Crippen LogP contribution < -0.4 is 10.6 Å². The molecule has 0 aromatic carbocycles. The number of nitrogens with zero attached hydrogens (tertiary/aromatic N) is 1. The predicted octanol–water partition coefficient (Wildman–Crippen LogP) is -0.372. The zero-order chi connectivity index (χ0) is 10.1. The molecule has 70 valence electrons. The zero-order valence-electron chi connectivity index (χ0n) is 7.63. The van der Waals surface area contributed by atoms with Crippen LogP contribution in [-0.2, 0) is 4.79 Å². The lowest BCUT2D eigenvalue weighted by molar-refractivity contribution is -0.120. The second kappa shape index (κ2) is 7.15. The van der Waals surface area contributed by atoms with Gasteiger partial charge in [0.15, 0.2) is 0 Å². The van der Waals surface area contributed by atoms with Crippen molar-refractivity contribution in [3.8, 4) is 18.4 Å². The lowest BCUT2D eigenvalue weighted by Gasteiger charge is -2.09. The number of terminal acetylenes is 1. The third-order valence-corrected chi connectivity index (χ3v) is 1.40. The molecule has 0 saturated carbocycles. The molecule has 1 atom stereocenters. The van der Waals surface area contributed by atoms with Crippen molar-refractivity contribution in [3.63, 3.8) is 0 Å². The summed E-state index contributed by atoms with van der Waals surface area (Å²) >= 11 is 0. The summed E-state index contributed by atoms with van der Waals surface area (Å²) in [4.78, 5) is 10.9. The Morgan fingerprint density at radius 2 is 2.38 bits per heavy atom. The van der Waals surface area contributed by atoms with E-state index in [4.69, 9.17) is 11.7 Å². The van der Waals surface area contributed by atoms with E-state index in [1.165, 1.54) is 0 Å². The van der Waals surface area contributed by atoms with E-state index in [0.29, 0.717) is 6.42 Å². The van der Waals surface area contributed by atoms with Crippen LogP contribution in [0.15, 0.2) is 0 Å². The standard InChI is InChI=1S/C9H13N3O/c1-3-4-8(2)12-7-9(13)11-6-5-10/h1,8,12H,4,6-7H2,2H3,(H,11,13). The molecule has 0 aliphatic carbocycles. The first-order chi connectivity index (χ1) is 6.20. The van der Waals surface area contributed by atoms with Crippen LogP contribution in [0.4, 0.5) is 0 Å². The second-order valence-corrected chi connectivity index (χ2v) is 2.63. The number of hydrogen-bond donors (Lipinski definition) is 2. The molecule has 0 aromatic heterocycles. The molecular formula is C9H13N3O. The van der Waals surface area contributed by atoms with E-state index in [2.05, 4.69) is 16.6 Å². The minimum atomic E-state index is -0.189.